The summed E-state index contributed by atoms with van der Waals surface area (Å²) in [5, 5.41) is 5.83. The lowest BCUT2D eigenvalue weighted by molar-refractivity contribution is 0.0473. The van der Waals surface area contributed by atoms with Gasteiger partial charge in [0.05, 0.1) is 12.2 Å². The van der Waals surface area contributed by atoms with E-state index < -0.39 is 11.6 Å². The molecule has 6 nitrogen and oxygen atoms in total. The van der Waals surface area contributed by atoms with E-state index in [1.165, 1.54) is 10.7 Å². The van der Waals surface area contributed by atoms with Crippen LogP contribution < -0.4 is 5.63 Å². The first-order chi connectivity index (χ1) is 15.4. The number of ether oxygens (including phenoxy) is 1. The minimum absolute atomic E-state index is 0.0993. The molecule has 0 atom stereocenters. The standard InChI is InChI=1S/C24H20Cl2N2O4/c1-3-15-8-9-18-17(11-21(29)32-20(18)10-15)13-31-24(30)22-14(2)27-28(23(22)26)12-16-6-4-5-7-19(16)25/h4-11H,3,12-13H2,1-2H3. The summed E-state index contributed by atoms with van der Waals surface area (Å²) in [6, 6.07) is 14.3. The highest BCUT2D eigenvalue weighted by Crippen LogP contribution is 2.25. The first-order valence-corrected chi connectivity index (χ1v) is 10.8. The minimum Gasteiger partial charge on any atom is -0.457 e. The van der Waals surface area contributed by atoms with Crippen molar-refractivity contribution in [2.75, 3.05) is 0 Å². The molecule has 0 aliphatic rings. The second kappa shape index (κ2) is 9.18. The number of aromatic nitrogens is 2. The van der Waals surface area contributed by atoms with Gasteiger partial charge in [-0.3, -0.25) is 0 Å². The van der Waals surface area contributed by atoms with Crippen LogP contribution in [-0.2, 0) is 24.3 Å². The van der Waals surface area contributed by atoms with Gasteiger partial charge in [0.1, 0.15) is 22.9 Å². The fourth-order valence-electron chi connectivity index (χ4n) is 3.51. The third kappa shape index (κ3) is 4.42. The van der Waals surface area contributed by atoms with E-state index in [-0.39, 0.29) is 17.3 Å². The molecule has 0 bridgehead atoms. The van der Waals surface area contributed by atoms with Crippen molar-refractivity contribution in [2.24, 2.45) is 0 Å². The molecule has 0 N–H and O–H groups in total. The number of esters is 1. The quantitative estimate of drug-likeness (QED) is 0.272. The maximum absolute atomic E-state index is 12.8. The maximum Gasteiger partial charge on any atom is 0.343 e. The molecule has 0 radical (unpaired) electrons. The first kappa shape index (κ1) is 22.1. The highest BCUT2D eigenvalue weighted by molar-refractivity contribution is 6.33. The lowest BCUT2D eigenvalue weighted by Crippen LogP contribution is -2.09. The zero-order valence-electron chi connectivity index (χ0n) is 17.5. The van der Waals surface area contributed by atoms with Crippen molar-refractivity contribution in [1.82, 2.24) is 9.78 Å². The maximum atomic E-state index is 12.8. The Morgan fingerprint density at radius 3 is 2.66 bits per heavy atom. The van der Waals surface area contributed by atoms with Gasteiger partial charge in [0.2, 0.25) is 0 Å². The Hall–Kier alpha value is -3.09. The van der Waals surface area contributed by atoms with E-state index in [0.717, 1.165) is 17.5 Å². The predicted molar refractivity (Wildman–Crippen MR) is 124 cm³/mol. The van der Waals surface area contributed by atoms with Crippen LogP contribution in [0.5, 0.6) is 0 Å². The molecule has 0 fully saturated rings. The summed E-state index contributed by atoms with van der Waals surface area (Å²) in [6.45, 7) is 3.92. The van der Waals surface area contributed by atoms with Crippen LogP contribution in [0.3, 0.4) is 0 Å². The van der Waals surface area contributed by atoms with Crippen molar-refractivity contribution >= 4 is 40.1 Å². The number of carbonyl (C=O) groups excluding carboxylic acids is 1. The van der Waals surface area contributed by atoms with Crippen molar-refractivity contribution in [1.29, 1.82) is 0 Å². The van der Waals surface area contributed by atoms with Crippen molar-refractivity contribution in [3.05, 3.63) is 97.1 Å². The second-order valence-electron chi connectivity index (χ2n) is 7.35. The molecule has 2 heterocycles. The summed E-state index contributed by atoms with van der Waals surface area (Å²) in [6.07, 6.45) is 0.814. The molecule has 4 aromatic rings. The Balaban J connectivity index is 1.57. The van der Waals surface area contributed by atoms with Crippen molar-refractivity contribution in [2.45, 2.75) is 33.4 Å². The van der Waals surface area contributed by atoms with E-state index in [9.17, 15) is 9.59 Å². The highest BCUT2D eigenvalue weighted by atomic mass is 35.5. The van der Waals surface area contributed by atoms with Crippen LogP contribution in [0.2, 0.25) is 10.2 Å². The summed E-state index contributed by atoms with van der Waals surface area (Å²) in [5.74, 6) is -0.621. The third-order valence-electron chi connectivity index (χ3n) is 5.21. The third-order valence-corrected chi connectivity index (χ3v) is 5.96. The molecule has 0 aliphatic carbocycles. The normalized spacial score (nSPS) is 11.1. The van der Waals surface area contributed by atoms with E-state index in [4.69, 9.17) is 32.4 Å². The number of hydrogen-bond acceptors (Lipinski definition) is 5. The lowest BCUT2D eigenvalue weighted by atomic mass is 10.1. The topological polar surface area (TPSA) is 74.3 Å². The van der Waals surface area contributed by atoms with Crippen LogP contribution in [0, 0.1) is 6.92 Å². The minimum atomic E-state index is -0.621. The molecule has 0 aliphatic heterocycles. The predicted octanol–water partition coefficient (Wildman–Crippen LogP) is 5.57. The van der Waals surface area contributed by atoms with E-state index in [2.05, 4.69) is 5.10 Å². The van der Waals surface area contributed by atoms with Gasteiger partial charge in [0.15, 0.2) is 0 Å². The molecular formula is C24H20Cl2N2O4. The average Bonchev–Trinajstić information content (AvgIpc) is 3.05. The molecule has 164 valence electrons. The molecule has 0 unspecified atom stereocenters. The van der Waals surface area contributed by atoms with Gasteiger partial charge in [0, 0.05) is 22.0 Å². The van der Waals surface area contributed by atoms with Crippen LogP contribution in [-0.4, -0.2) is 15.7 Å². The Morgan fingerprint density at radius 1 is 1.12 bits per heavy atom. The van der Waals surface area contributed by atoms with Crippen LogP contribution in [0.1, 0.15) is 39.7 Å². The Bertz CT molecular complexity index is 1370. The zero-order valence-corrected chi connectivity index (χ0v) is 19.0. The summed E-state index contributed by atoms with van der Waals surface area (Å²) in [5.41, 5.74) is 3.01. The molecule has 0 amide bonds. The number of fused-ring (bicyclic) bond motifs is 1. The van der Waals surface area contributed by atoms with Crippen molar-refractivity contribution in [3.8, 4) is 0 Å². The monoisotopic (exact) mass is 470 g/mol. The first-order valence-electron chi connectivity index (χ1n) is 10.1. The van der Waals surface area contributed by atoms with Crippen LogP contribution in [0.15, 0.2) is 57.7 Å². The number of carbonyl (C=O) groups is 1. The zero-order chi connectivity index (χ0) is 22.8. The fraction of sp³-hybridized carbons (Fsp3) is 0.208. The summed E-state index contributed by atoms with van der Waals surface area (Å²) in [7, 11) is 0. The highest BCUT2D eigenvalue weighted by Gasteiger charge is 2.22. The average molecular weight is 471 g/mol. The van der Waals surface area contributed by atoms with Crippen molar-refractivity contribution < 1.29 is 13.9 Å². The molecular weight excluding hydrogens is 451 g/mol. The van der Waals surface area contributed by atoms with E-state index in [1.807, 2.05) is 43.3 Å². The molecule has 2 aromatic heterocycles. The van der Waals surface area contributed by atoms with Gasteiger partial charge in [-0.2, -0.15) is 5.10 Å². The molecule has 0 saturated heterocycles. The molecule has 32 heavy (non-hydrogen) atoms. The molecule has 0 saturated carbocycles. The lowest BCUT2D eigenvalue weighted by Gasteiger charge is -2.08. The Labute approximate surface area is 194 Å². The van der Waals surface area contributed by atoms with Gasteiger partial charge in [-0.25, -0.2) is 14.3 Å². The number of halogens is 2. The second-order valence-corrected chi connectivity index (χ2v) is 8.12. The number of aryl methyl sites for hydroxylation is 2. The summed E-state index contributed by atoms with van der Waals surface area (Å²) in [4.78, 5) is 24.8. The van der Waals surface area contributed by atoms with Gasteiger partial charge in [-0.1, -0.05) is 60.5 Å². The summed E-state index contributed by atoms with van der Waals surface area (Å²) < 4.78 is 12.3. The Kier molecular flexibility index (Phi) is 6.35. The smallest absolute Gasteiger partial charge is 0.343 e. The van der Waals surface area contributed by atoms with Gasteiger partial charge < -0.3 is 9.15 Å². The van der Waals surface area contributed by atoms with E-state index in [0.29, 0.717) is 33.8 Å². The van der Waals surface area contributed by atoms with E-state index >= 15 is 0 Å². The summed E-state index contributed by atoms with van der Waals surface area (Å²) >= 11 is 12.7. The van der Waals surface area contributed by atoms with Crippen LogP contribution in [0.25, 0.3) is 11.0 Å². The molecule has 4 rings (SSSR count). The number of benzene rings is 2. The van der Waals surface area contributed by atoms with Gasteiger partial charge in [-0.05, 0) is 36.6 Å². The number of nitrogens with zero attached hydrogens (tertiary/aromatic N) is 2. The SMILES string of the molecule is CCc1ccc2c(COC(=O)c3c(C)nn(Cc4ccccc4Cl)c3Cl)cc(=O)oc2c1. The molecule has 2 aromatic carbocycles. The molecule has 8 heteroatoms. The van der Waals surface area contributed by atoms with Crippen LogP contribution >= 0.6 is 23.2 Å². The van der Waals surface area contributed by atoms with Gasteiger partial charge >= 0.3 is 11.6 Å². The number of hydrogen-bond donors (Lipinski definition) is 0. The van der Waals surface area contributed by atoms with Gasteiger partial charge in [0.25, 0.3) is 0 Å². The van der Waals surface area contributed by atoms with E-state index in [1.54, 1.807) is 13.0 Å². The van der Waals surface area contributed by atoms with Crippen molar-refractivity contribution in [3.63, 3.8) is 0 Å². The molecule has 0 spiro atoms. The van der Waals surface area contributed by atoms with Crippen LogP contribution in [0.4, 0.5) is 0 Å². The van der Waals surface area contributed by atoms with Gasteiger partial charge in [-0.15, -0.1) is 0 Å². The fourth-order valence-corrected chi connectivity index (χ4v) is 4.01. The Morgan fingerprint density at radius 2 is 1.91 bits per heavy atom. The largest absolute Gasteiger partial charge is 0.457 e. The number of rotatable bonds is 6.